The lowest BCUT2D eigenvalue weighted by Gasteiger charge is -2.44. The summed E-state index contributed by atoms with van der Waals surface area (Å²) in [6.07, 6.45) is 5.82. The second-order valence-electron chi connectivity index (χ2n) is 7.77. The minimum absolute atomic E-state index is 0.226. The molecular weight excluding hydrogens is 300 g/mol. The molecular formula is C20H28N2O2. The second-order valence-corrected chi connectivity index (χ2v) is 7.77. The van der Waals surface area contributed by atoms with Gasteiger partial charge in [-0.05, 0) is 37.7 Å². The van der Waals surface area contributed by atoms with Crippen molar-refractivity contribution in [1.29, 1.82) is 0 Å². The number of carbonyl (C=O) groups is 1. The number of nitrogens with one attached hydrogen (secondary N) is 1. The Morgan fingerprint density at radius 3 is 2.88 bits per heavy atom. The number of fused-ring (bicyclic) bond motifs is 1. The van der Waals surface area contributed by atoms with Crippen LogP contribution in [0.3, 0.4) is 0 Å². The molecule has 3 aliphatic rings. The molecule has 4 nitrogen and oxygen atoms in total. The maximum Gasteiger partial charge on any atom is 0.223 e. The van der Waals surface area contributed by atoms with Crippen molar-refractivity contribution in [2.24, 2.45) is 11.3 Å². The molecule has 1 aromatic rings. The molecule has 2 saturated heterocycles. The lowest BCUT2D eigenvalue weighted by atomic mass is 9.74. The highest BCUT2D eigenvalue weighted by molar-refractivity contribution is 5.80. The van der Waals surface area contributed by atoms with Crippen LogP contribution in [-0.4, -0.2) is 43.2 Å². The molecule has 0 radical (unpaired) electrons. The summed E-state index contributed by atoms with van der Waals surface area (Å²) in [5.74, 6) is 0.567. The molecule has 0 spiro atoms. The summed E-state index contributed by atoms with van der Waals surface area (Å²) >= 11 is 0. The van der Waals surface area contributed by atoms with Gasteiger partial charge >= 0.3 is 0 Å². The molecule has 3 fully saturated rings. The maximum atomic E-state index is 11.9. The predicted molar refractivity (Wildman–Crippen MR) is 93.5 cm³/mol. The summed E-state index contributed by atoms with van der Waals surface area (Å²) in [7, 11) is 0. The number of amides is 1. The van der Waals surface area contributed by atoms with Crippen molar-refractivity contribution in [3.05, 3.63) is 35.9 Å². The highest BCUT2D eigenvalue weighted by Gasteiger charge is 2.47. The van der Waals surface area contributed by atoms with Gasteiger partial charge in [0.1, 0.15) is 0 Å². The normalized spacial score (nSPS) is 30.1. The zero-order valence-corrected chi connectivity index (χ0v) is 14.4. The van der Waals surface area contributed by atoms with Gasteiger partial charge < -0.3 is 10.1 Å². The third-order valence-electron chi connectivity index (χ3n) is 5.97. The summed E-state index contributed by atoms with van der Waals surface area (Å²) in [6.45, 7) is 4.89. The fourth-order valence-corrected chi connectivity index (χ4v) is 4.40. The van der Waals surface area contributed by atoms with Gasteiger partial charge in [-0.1, -0.05) is 30.3 Å². The molecule has 2 atom stereocenters. The van der Waals surface area contributed by atoms with E-state index in [0.717, 1.165) is 64.9 Å². The molecule has 0 aromatic heterocycles. The largest absolute Gasteiger partial charge is 0.378 e. The van der Waals surface area contributed by atoms with E-state index < -0.39 is 0 Å². The first kappa shape index (κ1) is 16.1. The van der Waals surface area contributed by atoms with Crippen LogP contribution >= 0.6 is 0 Å². The zero-order valence-electron chi connectivity index (χ0n) is 14.4. The van der Waals surface area contributed by atoms with E-state index in [1.807, 2.05) is 0 Å². The number of hydrogen-bond acceptors (Lipinski definition) is 3. The van der Waals surface area contributed by atoms with Crippen molar-refractivity contribution in [3.8, 4) is 0 Å². The van der Waals surface area contributed by atoms with Gasteiger partial charge in [0.05, 0.1) is 6.10 Å². The number of carbonyl (C=O) groups excluding carboxylic acids is 1. The second kappa shape index (κ2) is 6.85. The van der Waals surface area contributed by atoms with Crippen LogP contribution in [0.25, 0.3) is 0 Å². The Balaban J connectivity index is 1.36. The van der Waals surface area contributed by atoms with Crippen LogP contribution in [0.5, 0.6) is 0 Å². The van der Waals surface area contributed by atoms with Crippen LogP contribution < -0.4 is 5.32 Å². The Morgan fingerprint density at radius 2 is 2.08 bits per heavy atom. The van der Waals surface area contributed by atoms with Crippen LogP contribution in [0, 0.1) is 11.3 Å². The number of rotatable bonds is 6. The molecule has 1 aliphatic carbocycles. The van der Waals surface area contributed by atoms with Crippen molar-refractivity contribution < 1.29 is 9.53 Å². The van der Waals surface area contributed by atoms with Crippen LogP contribution in [0.4, 0.5) is 0 Å². The Bertz CT molecular complexity index is 572. The predicted octanol–water partition coefficient (Wildman–Crippen LogP) is 2.58. The molecule has 0 bridgehead atoms. The Kier molecular flexibility index (Phi) is 4.59. The van der Waals surface area contributed by atoms with E-state index in [2.05, 4.69) is 40.5 Å². The fraction of sp³-hybridized carbons (Fsp3) is 0.650. The smallest absolute Gasteiger partial charge is 0.223 e. The minimum Gasteiger partial charge on any atom is -0.378 e. The van der Waals surface area contributed by atoms with E-state index in [1.54, 1.807) is 0 Å². The van der Waals surface area contributed by atoms with Crippen molar-refractivity contribution in [1.82, 2.24) is 10.2 Å². The molecule has 24 heavy (non-hydrogen) atoms. The Morgan fingerprint density at radius 1 is 1.25 bits per heavy atom. The first-order chi connectivity index (χ1) is 11.8. The van der Waals surface area contributed by atoms with Crippen molar-refractivity contribution in [2.75, 3.05) is 26.2 Å². The van der Waals surface area contributed by atoms with E-state index in [4.69, 9.17) is 4.74 Å². The third kappa shape index (κ3) is 3.50. The van der Waals surface area contributed by atoms with E-state index >= 15 is 0 Å². The molecule has 2 heterocycles. The van der Waals surface area contributed by atoms with Gasteiger partial charge in [-0.25, -0.2) is 0 Å². The van der Waals surface area contributed by atoms with Crippen LogP contribution in [0.1, 0.15) is 37.7 Å². The average molecular weight is 328 g/mol. The van der Waals surface area contributed by atoms with Crippen molar-refractivity contribution >= 4 is 5.91 Å². The Labute approximate surface area is 144 Å². The van der Waals surface area contributed by atoms with E-state index in [1.165, 1.54) is 5.56 Å². The molecule has 4 heteroatoms. The summed E-state index contributed by atoms with van der Waals surface area (Å²) in [4.78, 5) is 14.5. The number of likely N-dealkylation sites (tertiary alicyclic amines) is 1. The average Bonchev–Trinajstić information content (AvgIpc) is 3.36. The number of piperidine rings is 1. The molecule has 1 N–H and O–H groups in total. The standard InChI is InChI=1S/C20H28N2O2/c23-19(17-6-7-17)21-11-9-20-10-13-24-18(20)8-12-22(15-20)14-16-4-2-1-3-5-16/h1-5,17-18H,6-15H2,(H,21,23)/t18-,20+/m0/s1. The van der Waals surface area contributed by atoms with Gasteiger partial charge in [0, 0.05) is 44.1 Å². The van der Waals surface area contributed by atoms with Gasteiger partial charge in [0.25, 0.3) is 0 Å². The summed E-state index contributed by atoms with van der Waals surface area (Å²) in [5, 5.41) is 3.15. The summed E-state index contributed by atoms with van der Waals surface area (Å²) in [5.41, 5.74) is 1.61. The summed E-state index contributed by atoms with van der Waals surface area (Å²) in [6, 6.07) is 10.7. The zero-order chi connectivity index (χ0) is 16.4. The fourth-order valence-electron chi connectivity index (χ4n) is 4.40. The van der Waals surface area contributed by atoms with Gasteiger partial charge in [-0.3, -0.25) is 9.69 Å². The molecule has 2 aliphatic heterocycles. The third-order valence-corrected chi connectivity index (χ3v) is 5.97. The number of hydrogen-bond donors (Lipinski definition) is 1. The molecule has 1 aromatic carbocycles. The van der Waals surface area contributed by atoms with Crippen molar-refractivity contribution in [3.63, 3.8) is 0 Å². The van der Waals surface area contributed by atoms with Crippen molar-refractivity contribution in [2.45, 2.75) is 44.8 Å². The van der Waals surface area contributed by atoms with E-state index in [9.17, 15) is 4.79 Å². The maximum absolute atomic E-state index is 11.9. The molecule has 1 saturated carbocycles. The minimum atomic E-state index is 0.226. The highest BCUT2D eigenvalue weighted by Crippen LogP contribution is 2.43. The lowest BCUT2D eigenvalue weighted by molar-refractivity contribution is -0.122. The highest BCUT2D eigenvalue weighted by atomic mass is 16.5. The molecule has 0 unspecified atom stereocenters. The van der Waals surface area contributed by atoms with Crippen LogP contribution in [0.15, 0.2) is 30.3 Å². The van der Waals surface area contributed by atoms with Crippen LogP contribution in [0.2, 0.25) is 0 Å². The first-order valence-electron chi connectivity index (χ1n) is 9.41. The van der Waals surface area contributed by atoms with E-state index in [0.29, 0.717) is 12.0 Å². The lowest BCUT2D eigenvalue weighted by Crippen LogP contribution is -2.50. The van der Waals surface area contributed by atoms with E-state index in [-0.39, 0.29) is 11.3 Å². The number of ether oxygens (including phenoxy) is 1. The number of nitrogens with zero attached hydrogens (tertiary/aromatic N) is 1. The van der Waals surface area contributed by atoms with Gasteiger partial charge in [-0.15, -0.1) is 0 Å². The summed E-state index contributed by atoms with van der Waals surface area (Å²) < 4.78 is 6.04. The molecule has 1 amide bonds. The SMILES string of the molecule is O=C(NCC[C@]12CCO[C@H]1CCN(Cc1ccccc1)C2)C1CC1. The monoisotopic (exact) mass is 328 g/mol. The topological polar surface area (TPSA) is 41.6 Å². The molecule has 130 valence electrons. The van der Waals surface area contributed by atoms with Gasteiger partial charge in [0.15, 0.2) is 0 Å². The Hall–Kier alpha value is -1.39. The van der Waals surface area contributed by atoms with Gasteiger partial charge in [0.2, 0.25) is 5.91 Å². The van der Waals surface area contributed by atoms with Gasteiger partial charge in [-0.2, -0.15) is 0 Å². The molecule has 4 rings (SSSR count). The number of benzene rings is 1. The quantitative estimate of drug-likeness (QED) is 0.873. The van der Waals surface area contributed by atoms with Crippen LogP contribution in [-0.2, 0) is 16.1 Å². The first-order valence-corrected chi connectivity index (χ1v) is 9.41.